The average molecular weight is 452 g/mol. The molecule has 1 saturated heterocycles. The number of halogens is 2. The first-order chi connectivity index (χ1) is 15.3. The SMILES string of the molecule is CC(C(=O)Nc1ccc(Cl)cc1)N1CC2C[C@H](c3ccnc4ccc(F)cc34)C[C@]2(C)C1. The highest BCUT2D eigenvalue weighted by molar-refractivity contribution is 6.30. The third kappa shape index (κ3) is 3.89. The smallest absolute Gasteiger partial charge is 0.241 e. The Hall–Kier alpha value is -2.50. The molecule has 1 aliphatic carbocycles. The Morgan fingerprint density at radius 1 is 1.25 bits per heavy atom. The number of fused-ring (bicyclic) bond motifs is 2. The minimum Gasteiger partial charge on any atom is -0.325 e. The van der Waals surface area contributed by atoms with Crippen LogP contribution in [-0.4, -0.2) is 34.9 Å². The first-order valence-electron chi connectivity index (χ1n) is 11.2. The van der Waals surface area contributed by atoms with Crippen molar-refractivity contribution in [3.05, 3.63) is 71.1 Å². The lowest BCUT2D eigenvalue weighted by atomic mass is 9.82. The maximum atomic E-state index is 13.9. The summed E-state index contributed by atoms with van der Waals surface area (Å²) < 4.78 is 13.9. The van der Waals surface area contributed by atoms with E-state index in [0.29, 0.717) is 16.9 Å². The number of hydrogen-bond donors (Lipinski definition) is 1. The fourth-order valence-corrected chi connectivity index (χ4v) is 5.84. The molecule has 5 rings (SSSR count). The number of aromatic nitrogens is 1. The van der Waals surface area contributed by atoms with E-state index in [4.69, 9.17) is 11.6 Å². The van der Waals surface area contributed by atoms with E-state index in [2.05, 4.69) is 28.2 Å². The van der Waals surface area contributed by atoms with Gasteiger partial charge in [-0.2, -0.15) is 0 Å². The number of rotatable bonds is 4. The maximum absolute atomic E-state index is 13.9. The van der Waals surface area contributed by atoms with Gasteiger partial charge in [0.2, 0.25) is 5.91 Å². The normalized spacial score (nSPS) is 26.2. The molecule has 166 valence electrons. The fourth-order valence-electron chi connectivity index (χ4n) is 5.71. The Morgan fingerprint density at radius 2 is 2.03 bits per heavy atom. The van der Waals surface area contributed by atoms with Gasteiger partial charge < -0.3 is 5.32 Å². The summed E-state index contributed by atoms with van der Waals surface area (Å²) in [6.45, 7) is 6.11. The summed E-state index contributed by atoms with van der Waals surface area (Å²) >= 11 is 5.94. The van der Waals surface area contributed by atoms with Crippen LogP contribution >= 0.6 is 11.6 Å². The second-order valence-electron chi connectivity index (χ2n) is 9.65. The van der Waals surface area contributed by atoms with Gasteiger partial charge in [0.15, 0.2) is 0 Å². The molecular formula is C26H27ClFN3O. The van der Waals surface area contributed by atoms with E-state index in [1.54, 1.807) is 24.3 Å². The van der Waals surface area contributed by atoms with Gasteiger partial charge in [-0.3, -0.25) is 14.7 Å². The average Bonchev–Trinajstić information content (AvgIpc) is 3.26. The van der Waals surface area contributed by atoms with Crippen LogP contribution in [0.25, 0.3) is 10.9 Å². The zero-order valence-corrected chi connectivity index (χ0v) is 19.1. The molecular weight excluding hydrogens is 425 g/mol. The van der Waals surface area contributed by atoms with Crippen LogP contribution in [0, 0.1) is 17.2 Å². The first-order valence-corrected chi connectivity index (χ1v) is 11.5. The van der Waals surface area contributed by atoms with Crippen molar-refractivity contribution in [3.63, 3.8) is 0 Å². The van der Waals surface area contributed by atoms with Crippen molar-refractivity contribution in [3.8, 4) is 0 Å². The number of amides is 1. The highest BCUT2D eigenvalue weighted by Gasteiger charge is 2.51. The van der Waals surface area contributed by atoms with Crippen molar-refractivity contribution in [2.75, 3.05) is 18.4 Å². The van der Waals surface area contributed by atoms with Gasteiger partial charge in [-0.05, 0) is 91.1 Å². The fraction of sp³-hybridized carbons (Fsp3) is 0.385. The summed E-state index contributed by atoms with van der Waals surface area (Å²) in [6, 6.07) is 13.9. The molecule has 0 radical (unpaired) electrons. The van der Waals surface area contributed by atoms with Gasteiger partial charge in [-0.15, -0.1) is 0 Å². The van der Waals surface area contributed by atoms with E-state index in [-0.39, 0.29) is 23.2 Å². The number of anilines is 1. The molecule has 1 aromatic heterocycles. The molecule has 2 unspecified atom stereocenters. The van der Waals surface area contributed by atoms with Gasteiger partial charge in [0.1, 0.15) is 5.82 Å². The predicted molar refractivity (Wildman–Crippen MR) is 126 cm³/mol. The molecule has 2 heterocycles. The molecule has 1 N–H and O–H groups in total. The summed E-state index contributed by atoms with van der Waals surface area (Å²) in [7, 11) is 0. The predicted octanol–water partition coefficient (Wildman–Crippen LogP) is 5.87. The van der Waals surface area contributed by atoms with Gasteiger partial charge in [0, 0.05) is 35.4 Å². The Labute approximate surface area is 192 Å². The maximum Gasteiger partial charge on any atom is 0.241 e. The second-order valence-corrected chi connectivity index (χ2v) is 10.1. The van der Waals surface area contributed by atoms with E-state index in [1.165, 1.54) is 11.6 Å². The van der Waals surface area contributed by atoms with Gasteiger partial charge in [-0.25, -0.2) is 4.39 Å². The van der Waals surface area contributed by atoms with Gasteiger partial charge >= 0.3 is 0 Å². The van der Waals surface area contributed by atoms with Crippen molar-refractivity contribution in [2.24, 2.45) is 11.3 Å². The molecule has 3 aromatic rings. The van der Waals surface area contributed by atoms with Crippen molar-refractivity contribution in [1.29, 1.82) is 0 Å². The Kier molecular flexibility index (Phi) is 5.42. The first kappa shape index (κ1) is 21.4. The van der Waals surface area contributed by atoms with Crippen LogP contribution in [0.4, 0.5) is 10.1 Å². The topological polar surface area (TPSA) is 45.2 Å². The number of hydrogen-bond acceptors (Lipinski definition) is 3. The number of nitrogens with zero attached hydrogens (tertiary/aromatic N) is 2. The quantitative estimate of drug-likeness (QED) is 0.539. The van der Waals surface area contributed by atoms with Crippen LogP contribution < -0.4 is 5.32 Å². The number of carbonyl (C=O) groups excluding carboxylic acids is 1. The summed E-state index contributed by atoms with van der Waals surface area (Å²) in [5, 5.41) is 4.58. The van der Waals surface area contributed by atoms with Crippen molar-refractivity contribution < 1.29 is 9.18 Å². The molecule has 0 bridgehead atoms. The molecule has 32 heavy (non-hydrogen) atoms. The highest BCUT2D eigenvalue weighted by Crippen LogP contribution is 2.55. The molecule has 2 aliphatic rings. The summed E-state index contributed by atoms with van der Waals surface area (Å²) in [5.74, 6) is 0.679. The minimum atomic E-state index is -0.220. The molecule has 2 fully saturated rings. The minimum absolute atomic E-state index is 0.00282. The van der Waals surface area contributed by atoms with Crippen molar-refractivity contribution in [2.45, 2.75) is 38.6 Å². The third-order valence-corrected chi connectivity index (χ3v) is 7.75. The second kappa shape index (κ2) is 8.13. The van der Waals surface area contributed by atoms with Crippen LogP contribution in [0.5, 0.6) is 0 Å². The number of likely N-dealkylation sites (tertiary alicyclic amines) is 1. The number of pyridine rings is 1. The zero-order valence-electron chi connectivity index (χ0n) is 18.3. The van der Waals surface area contributed by atoms with Gasteiger partial charge in [-0.1, -0.05) is 18.5 Å². The monoisotopic (exact) mass is 451 g/mol. The standard InChI is InChI=1S/C26H27ClFN3O/c1-16(25(32)30-21-6-3-19(27)4-7-21)31-14-18-11-17(13-26(18,2)15-31)22-9-10-29-24-8-5-20(28)12-23(22)24/h3-10,12,16-18H,11,13-15H2,1-2H3,(H,30,32)/t16?,17-,18?,26+/m0/s1. The number of benzene rings is 2. The third-order valence-electron chi connectivity index (χ3n) is 7.50. The van der Waals surface area contributed by atoms with Crippen LogP contribution in [0.3, 0.4) is 0 Å². The molecule has 1 amide bonds. The summed E-state index contributed by atoms with van der Waals surface area (Å²) in [6.07, 6.45) is 3.92. The number of nitrogens with one attached hydrogen (secondary N) is 1. The molecule has 1 saturated carbocycles. The molecule has 4 atom stereocenters. The van der Waals surface area contributed by atoms with Gasteiger partial charge in [0.25, 0.3) is 0 Å². The highest BCUT2D eigenvalue weighted by atomic mass is 35.5. The molecule has 1 aliphatic heterocycles. The van der Waals surface area contributed by atoms with Crippen LogP contribution in [0.15, 0.2) is 54.7 Å². The molecule has 6 heteroatoms. The van der Waals surface area contributed by atoms with Crippen LogP contribution in [0.1, 0.15) is 38.2 Å². The number of carbonyl (C=O) groups is 1. The Morgan fingerprint density at radius 3 is 2.78 bits per heavy atom. The van der Waals surface area contributed by atoms with E-state index in [9.17, 15) is 9.18 Å². The van der Waals surface area contributed by atoms with E-state index in [1.807, 2.05) is 25.3 Å². The summed E-state index contributed by atoms with van der Waals surface area (Å²) in [5.41, 5.74) is 2.95. The van der Waals surface area contributed by atoms with Crippen LogP contribution in [0.2, 0.25) is 5.02 Å². The lowest BCUT2D eigenvalue weighted by Crippen LogP contribution is -2.41. The molecule has 4 nitrogen and oxygen atoms in total. The lowest BCUT2D eigenvalue weighted by Gasteiger charge is -2.28. The van der Waals surface area contributed by atoms with Gasteiger partial charge in [0.05, 0.1) is 11.6 Å². The Balaban J connectivity index is 1.29. The van der Waals surface area contributed by atoms with Crippen molar-refractivity contribution in [1.82, 2.24) is 9.88 Å². The Bertz CT molecular complexity index is 1170. The van der Waals surface area contributed by atoms with E-state index < -0.39 is 0 Å². The lowest BCUT2D eigenvalue weighted by molar-refractivity contribution is -0.120. The largest absolute Gasteiger partial charge is 0.325 e. The molecule has 2 aromatic carbocycles. The summed E-state index contributed by atoms with van der Waals surface area (Å²) in [4.78, 5) is 19.6. The van der Waals surface area contributed by atoms with Crippen LogP contribution in [-0.2, 0) is 4.79 Å². The molecule has 0 spiro atoms. The van der Waals surface area contributed by atoms with Crippen molar-refractivity contribution >= 4 is 34.1 Å². The zero-order chi connectivity index (χ0) is 22.5. The van der Waals surface area contributed by atoms with E-state index in [0.717, 1.165) is 42.5 Å². The van der Waals surface area contributed by atoms with E-state index >= 15 is 0 Å².